The first kappa shape index (κ1) is 29.3. The molecular weight excluding hydrogens is 574 g/mol. The van der Waals surface area contributed by atoms with Crippen molar-refractivity contribution in [3.8, 4) is 17.2 Å². The lowest BCUT2D eigenvalue weighted by Crippen LogP contribution is -2.34. The Labute approximate surface area is 235 Å². The summed E-state index contributed by atoms with van der Waals surface area (Å²) in [6.45, 7) is 5.66. The number of hydrogen-bond acceptors (Lipinski definition) is 5. The highest BCUT2D eigenvalue weighted by Gasteiger charge is 2.43. The summed E-state index contributed by atoms with van der Waals surface area (Å²) < 4.78 is 68.3. The predicted octanol–water partition coefficient (Wildman–Crippen LogP) is 7.14. The average molecular weight is 600 g/mol. The highest BCUT2D eigenvalue weighted by molar-refractivity contribution is 7.04. The molecule has 1 amide bonds. The number of amides is 1. The van der Waals surface area contributed by atoms with Crippen LogP contribution in [0.2, 0.25) is 5.02 Å². The quantitative estimate of drug-likeness (QED) is 0.197. The lowest BCUT2D eigenvalue weighted by atomic mass is 10.1. The molecule has 1 aliphatic rings. The molecule has 2 aromatic carbocycles. The maximum atomic E-state index is 14.7. The van der Waals surface area contributed by atoms with Gasteiger partial charge in [0.1, 0.15) is 22.9 Å². The summed E-state index contributed by atoms with van der Waals surface area (Å²) >= 11 is 7.57. The summed E-state index contributed by atoms with van der Waals surface area (Å²) in [5.74, 6) is -3.28. The number of anilines is 2. The standard InChI is InChI=1S/C24H20ClF4N5O3S.C2H6/c1-11-3-7-16(15(26)9-11)31-21-18(22(35)30-12-4-5-12)20(19(24(27,28)29)23(36)33(21)2)37-17-8-6-13(10-14(17)25)34-32-38-34;1-2/h3,6-10,12,31-32H,4-5H2,1-2H3,(H,30,35);1-2H3. The summed E-state index contributed by atoms with van der Waals surface area (Å²) in [6, 6.07) is 8.19. The molecule has 2 heterocycles. The number of nitrogens with zero attached hydrogens (tertiary/aromatic N) is 2. The highest BCUT2D eigenvalue weighted by atomic mass is 35.5. The number of benzene rings is 2. The third kappa shape index (κ3) is 6.20. The number of pyridine rings is 1. The number of carbonyl (C=O) groups excluding carboxylic acids is 1. The molecule has 0 unspecified atom stereocenters. The molecule has 3 N–H and O–H groups in total. The zero-order chi connectivity index (χ0) is 29.4. The van der Waals surface area contributed by atoms with Gasteiger partial charge in [-0.15, -0.1) is 0 Å². The first-order chi connectivity index (χ1) is 18.9. The molecule has 1 saturated carbocycles. The van der Waals surface area contributed by atoms with E-state index in [-0.39, 0.29) is 28.3 Å². The van der Waals surface area contributed by atoms with E-state index in [4.69, 9.17) is 16.3 Å². The third-order valence-corrected chi connectivity index (χ3v) is 6.76. The Morgan fingerprint density at radius 2 is 1.85 bits per heavy atom. The fourth-order valence-electron chi connectivity index (χ4n) is 3.74. The normalized spacial score (nSPS) is 13.0. The SMILES string of the molecule is CC.Cc1ccc(Nc2c(C(=O)NC3CC3)c(Oc3ccc(-n4[nH]s4)cc3Cl)c(C(F)(F)F)c(=O)n2C)c(F)c1. The second-order valence-electron chi connectivity index (χ2n) is 8.84. The van der Waals surface area contributed by atoms with Gasteiger partial charge in [-0.1, -0.05) is 31.5 Å². The smallest absolute Gasteiger partial charge is 0.425 e. The number of ether oxygens (including phenoxy) is 1. The Morgan fingerprint density at radius 1 is 1.18 bits per heavy atom. The molecule has 5 rings (SSSR count). The van der Waals surface area contributed by atoms with Crippen molar-refractivity contribution in [3.63, 3.8) is 0 Å². The molecule has 0 atom stereocenters. The molecule has 4 aromatic rings. The van der Waals surface area contributed by atoms with Gasteiger partial charge in [0.05, 0.1) is 28.1 Å². The van der Waals surface area contributed by atoms with Gasteiger partial charge in [-0.05, 0) is 55.7 Å². The summed E-state index contributed by atoms with van der Waals surface area (Å²) in [5.41, 5.74) is -2.75. The minimum absolute atomic E-state index is 0.0572. The van der Waals surface area contributed by atoms with Gasteiger partial charge in [0.2, 0.25) is 0 Å². The monoisotopic (exact) mass is 599 g/mol. The molecule has 0 bridgehead atoms. The Balaban J connectivity index is 0.00000181. The van der Waals surface area contributed by atoms with Gasteiger partial charge in [0, 0.05) is 13.1 Å². The molecule has 1 fully saturated rings. The van der Waals surface area contributed by atoms with Gasteiger partial charge in [-0.25, -0.2) is 8.88 Å². The molecule has 8 nitrogen and oxygen atoms in total. The van der Waals surface area contributed by atoms with Crippen LogP contribution in [0.1, 0.15) is 48.2 Å². The number of H-pyrrole nitrogens is 1. The number of hydrogen-bond donors (Lipinski definition) is 3. The molecule has 214 valence electrons. The second kappa shape index (κ2) is 11.4. The number of aromatic nitrogens is 3. The first-order valence-corrected chi connectivity index (χ1v) is 13.5. The van der Waals surface area contributed by atoms with Gasteiger partial charge < -0.3 is 15.4 Å². The largest absolute Gasteiger partial charge is 0.454 e. The zero-order valence-corrected chi connectivity index (χ0v) is 23.4. The van der Waals surface area contributed by atoms with Crippen LogP contribution in [0.4, 0.5) is 29.1 Å². The predicted molar refractivity (Wildman–Crippen MR) is 146 cm³/mol. The van der Waals surface area contributed by atoms with Crippen LogP contribution >= 0.6 is 23.3 Å². The fraction of sp³-hybridized carbons (Fsp3) is 0.308. The maximum Gasteiger partial charge on any atom is 0.425 e. The highest BCUT2D eigenvalue weighted by Crippen LogP contribution is 2.43. The van der Waals surface area contributed by atoms with Crippen LogP contribution in [0.3, 0.4) is 0 Å². The number of alkyl halides is 3. The first-order valence-electron chi connectivity index (χ1n) is 12.3. The van der Waals surface area contributed by atoms with Gasteiger partial charge in [0.15, 0.2) is 11.3 Å². The van der Waals surface area contributed by atoms with Crippen molar-refractivity contribution in [1.82, 2.24) is 18.4 Å². The van der Waals surface area contributed by atoms with E-state index in [1.54, 1.807) is 17.1 Å². The van der Waals surface area contributed by atoms with E-state index in [9.17, 15) is 27.2 Å². The van der Waals surface area contributed by atoms with Crippen molar-refractivity contribution in [2.45, 2.75) is 45.8 Å². The third-order valence-electron chi connectivity index (χ3n) is 5.89. The molecule has 0 saturated heterocycles. The lowest BCUT2D eigenvalue weighted by Gasteiger charge is -2.23. The summed E-state index contributed by atoms with van der Waals surface area (Å²) in [6.07, 6.45) is -3.91. The van der Waals surface area contributed by atoms with E-state index in [2.05, 4.69) is 15.1 Å². The van der Waals surface area contributed by atoms with E-state index in [1.165, 1.54) is 42.1 Å². The molecule has 0 aliphatic heterocycles. The van der Waals surface area contributed by atoms with Crippen molar-refractivity contribution in [2.75, 3.05) is 5.32 Å². The van der Waals surface area contributed by atoms with Gasteiger partial charge in [-0.2, -0.15) is 17.2 Å². The molecule has 40 heavy (non-hydrogen) atoms. The number of halogens is 5. The van der Waals surface area contributed by atoms with Crippen LogP contribution in [0, 0.1) is 12.7 Å². The van der Waals surface area contributed by atoms with Crippen LogP contribution in [0.15, 0.2) is 41.2 Å². The summed E-state index contributed by atoms with van der Waals surface area (Å²) in [5, 5.41) is 5.21. The minimum atomic E-state index is -5.20. The van der Waals surface area contributed by atoms with Crippen LogP contribution in [-0.4, -0.2) is 25.1 Å². The maximum absolute atomic E-state index is 14.7. The zero-order valence-electron chi connectivity index (χ0n) is 21.9. The number of nitrogens with one attached hydrogen (secondary N) is 3. The molecule has 1 aliphatic carbocycles. The topological polar surface area (TPSA) is 93.1 Å². The Morgan fingerprint density at radius 3 is 2.40 bits per heavy atom. The van der Waals surface area contributed by atoms with Crippen molar-refractivity contribution in [1.29, 1.82) is 0 Å². The number of carbonyl (C=O) groups is 1. The molecule has 2 aromatic heterocycles. The number of rotatable bonds is 7. The number of aromatic amines is 1. The van der Waals surface area contributed by atoms with Crippen LogP contribution in [0.25, 0.3) is 5.69 Å². The molecular formula is C26H26ClF4N5O3S. The van der Waals surface area contributed by atoms with E-state index in [1.807, 2.05) is 13.8 Å². The van der Waals surface area contributed by atoms with Crippen LogP contribution < -0.4 is 20.9 Å². The van der Waals surface area contributed by atoms with Crippen LogP contribution in [-0.2, 0) is 13.2 Å². The van der Waals surface area contributed by atoms with Crippen molar-refractivity contribution in [3.05, 3.63) is 74.3 Å². The minimum Gasteiger partial charge on any atom is -0.454 e. The molecule has 14 heteroatoms. The van der Waals surface area contributed by atoms with Crippen molar-refractivity contribution >= 4 is 40.7 Å². The molecule has 0 radical (unpaired) electrons. The fourth-order valence-corrected chi connectivity index (χ4v) is 4.32. The van der Waals surface area contributed by atoms with Gasteiger partial charge in [0.25, 0.3) is 11.5 Å². The van der Waals surface area contributed by atoms with Crippen molar-refractivity contribution < 1.29 is 27.1 Å². The summed E-state index contributed by atoms with van der Waals surface area (Å²) in [4.78, 5) is 26.4. The lowest BCUT2D eigenvalue weighted by molar-refractivity contribution is -0.139. The summed E-state index contributed by atoms with van der Waals surface area (Å²) in [7, 11) is 1.06. The van der Waals surface area contributed by atoms with E-state index in [0.29, 0.717) is 28.7 Å². The Bertz CT molecular complexity index is 1590. The second-order valence-corrected chi connectivity index (χ2v) is 9.98. The average Bonchev–Trinajstić information content (AvgIpc) is 3.80. The molecule has 0 spiro atoms. The van der Waals surface area contributed by atoms with E-state index in [0.717, 1.165) is 7.05 Å². The van der Waals surface area contributed by atoms with Crippen LogP contribution in [0.5, 0.6) is 11.5 Å². The van der Waals surface area contributed by atoms with Gasteiger partial charge >= 0.3 is 6.18 Å². The van der Waals surface area contributed by atoms with E-state index >= 15 is 0 Å². The number of aryl methyl sites for hydroxylation is 1. The Hall–Kier alpha value is -3.71. The van der Waals surface area contributed by atoms with E-state index < -0.39 is 40.3 Å². The van der Waals surface area contributed by atoms with Crippen molar-refractivity contribution in [2.24, 2.45) is 7.05 Å². The van der Waals surface area contributed by atoms with Gasteiger partial charge in [-0.3, -0.25) is 14.2 Å². The Kier molecular flexibility index (Phi) is 8.36.